The topological polar surface area (TPSA) is 30.7 Å². The van der Waals surface area contributed by atoms with Crippen LogP contribution in [0.5, 0.6) is 0 Å². The fourth-order valence-electron chi connectivity index (χ4n) is 1.57. The summed E-state index contributed by atoms with van der Waals surface area (Å²) in [6, 6.07) is 5.56. The summed E-state index contributed by atoms with van der Waals surface area (Å²) in [7, 11) is 0. The molecule has 0 saturated carbocycles. The number of nitrogens with zero attached hydrogens (tertiary/aromatic N) is 3. The van der Waals surface area contributed by atoms with Crippen molar-refractivity contribution in [2.24, 2.45) is 0 Å². The molecule has 2 aromatic rings. The van der Waals surface area contributed by atoms with Gasteiger partial charge in [0, 0.05) is 6.20 Å². The molecule has 0 bridgehead atoms. The minimum Gasteiger partial charge on any atom is -0.248 e. The second-order valence-corrected chi connectivity index (χ2v) is 5.88. The molecule has 0 aliphatic heterocycles. The van der Waals surface area contributed by atoms with Gasteiger partial charge in [0.2, 0.25) is 0 Å². The summed E-state index contributed by atoms with van der Waals surface area (Å²) in [5.41, 5.74) is 1.99. The number of benzene rings is 1. The van der Waals surface area contributed by atoms with Crippen molar-refractivity contribution in [1.82, 2.24) is 15.0 Å². The van der Waals surface area contributed by atoms with E-state index >= 15 is 0 Å². The van der Waals surface area contributed by atoms with E-state index in [1.807, 2.05) is 18.3 Å². The number of hydrogen-bond acceptors (Lipinski definition) is 2. The Balaban J connectivity index is 2.13. The molecule has 1 unspecified atom stereocenters. The summed E-state index contributed by atoms with van der Waals surface area (Å²) in [4.78, 5) is 0.250. The smallest absolute Gasteiger partial charge is 0.0963 e. The molecule has 1 atom stereocenters. The van der Waals surface area contributed by atoms with Crippen LogP contribution in [-0.2, 0) is 6.54 Å². The molecule has 0 N–H and O–H groups in total. The van der Waals surface area contributed by atoms with Crippen LogP contribution in [0.25, 0.3) is 0 Å². The lowest BCUT2D eigenvalue weighted by molar-refractivity contribution is 0.649. The Kier molecular flexibility index (Phi) is 4.65. The van der Waals surface area contributed by atoms with Gasteiger partial charge in [-0.25, -0.2) is 4.68 Å². The molecule has 0 saturated heterocycles. The maximum atomic E-state index is 5.97. The van der Waals surface area contributed by atoms with Crippen molar-refractivity contribution in [2.45, 2.75) is 24.7 Å². The first-order chi connectivity index (χ1) is 8.60. The van der Waals surface area contributed by atoms with Crippen LogP contribution >= 0.6 is 39.1 Å². The number of rotatable bonds is 4. The largest absolute Gasteiger partial charge is 0.248 e. The van der Waals surface area contributed by atoms with Gasteiger partial charge in [0.25, 0.3) is 0 Å². The Hall–Kier alpha value is -0.580. The molecule has 1 heterocycles. The third kappa shape index (κ3) is 3.25. The highest BCUT2D eigenvalue weighted by atomic mass is 79.9. The highest BCUT2D eigenvalue weighted by Crippen LogP contribution is 2.25. The van der Waals surface area contributed by atoms with Crippen LogP contribution in [0.2, 0.25) is 10.0 Å². The Labute approximate surface area is 124 Å². The van der Waals surface area contributed by atoms with Crippen molar-refractivity contribution in [3.63, 3.8) is 0 Å². The van der Waals surface area contributed by atoms with Gasteiger partial charge in [-0.2, -0.15) is 0 Å². The third-order valence-electron chi connectivity index (χ3n) is 2.56. The van der Waals surface area contributed by atoms with Gasteiger partial charge in [0.15, 0.2) is 0 Å². The fraction of sp³-hybridized carbons (Fsp3) is 0.333. The standard InChI is InChI=1S/C12H12BrCl2N3/c1-2-9(13)12-7-18(17-16-12)6-8-3-4-10(14)11(15)5-8/h3-5,7,9H,2,6H2,1H3. The Morgan fingerprint density at radius 3 is 2.78 bits per heavy atom. The molecular formula is C12H12BrCl2N3. The SMILES string of the molecule is CCC(Br)c1cn(Cc2ccc(Cl)c(Cl)c2)nn1. The van der Waals surface area contributed by atoms with Crippen molar-refractivity contribution >= 4 is 39.1 Å². The van der Waals surface area contributed by atoms with Crippen LogP contribution in [0, 0.1) is 0 Å². The van der Waals surface area contributed by atoms with Gasteiger partial charge in [0.1, 0.15) is 0 Å². The van der Waals surface area contributed by atoms with E-state index in [2.05, 4.69) is 33.2 Å². The summed E-state index contributed by atoms with van der Waals surface area (Å²) >= 11 is 15.4. The van der Waals surface area contributed by atoms with E-state index in [1.54, 1.807) is 10.7 Å². The quantitative estimate of drug-likeness (QED) is 0.762. The Morgan fingerprint density at radius 2 is 2.11 bits per heavy atom. The minimum absolute atomic E-state index is 0.250. The van der Waals surface area contributed by atoms with Gasteiger partial charge in [-0.1, -0.05) is 57.3 Å². The van der Waals surface area contributed by atoms with Gasteiger partial charge in [-0.3, -0.25) is 0 Å². The molecule has 0 amide bonds. The second kappa shape index (κ2) is 6.04. The van der Waals surface area contributed by atoms with Gasteiger partial charge < -0.3 is 0 Å². The van der Waals surface area contributed by atoms with Gasteiger partial charge >= 0.3 is 0 Å². The molecule has 2 rings (SSSR count). The molecule has 18 heavy (non-hydrogen) atoms. The van der Waals surface area contributed by atoms with Gasteiger partial charge in [0.05, 0.1) is 27.1 Å². The molecule has 96 valence electrons. The lowest BCUT2D eigenvalue weighted by Gasteiger charge is -2.03. The molecule has 0 radical (unpaired) electrons. The van der Waals surface area contributed by atoms with E-state index in [9.17, 15) is 0 Å². The van der Waals surface area contributed by atoms with E-state index < -0.39 is 0 Å². The highest BCUT2D eigenvalue weighted by molar-refractivity contribution is 9.09. The number of alkyl halides is 1. The average molecular weight is 349 g/mol. The van der Waals surface area contributed by atoms with E-state index in [-0.39, 0.29) is 4.83 Å². The monoisotopic (exact) mass is 347 g/mol. The van der Waals surface area contributed by atoms with Crippen molar-refractivity contribution < 1.29 is 0 Å². The van der Waals surface area contributed by atoms with E-state index in [0.29, 0.717) is 16.6 Å². The Morgan fingerprint density at radius 1 is 1.33 bits per heavy atom. The fourth-order valence-corrected chi connectivity index (χ4v) is 2.10. The molecule has 0 fully saturated rings. The zero-order valence-corrected chi connectivity index (χ0v) is 12.9. The second-order valence-electron chi connectivity index (χ2n) is 3.97. The van der Waals surface area contributed by atoms with Gasteiger partial charge in [-0.05, 0) is 24.1 Å². The number of aromatic nitrogens is 3. The summed E-state index contributed by atoms with van der Waals surface area (Å²) in [6.45, 7) is 2.73. The molecule has 0 aliphatic rings. The first-order valence-electron chi connectivity index (χ1n) is 5.58. The maximum absolute atomic E-state index is 5.97. The van der Waals surface area contributed by atoms with Crippen molar-refractivity contribution in [3.05, 3.63) is 45.7 Å². The van der Waals surface area contributed by atoms with Crippen LogP contribution in [0.1, 0.15) is 29.4 Å². The lowest BCUT2D eigenvalue weighted by atomic mass is 10.2. The van der Waals surface area contributed by atoms with E-state index in [1.165, 1.54) is 0 Å². The summed E-state index contributed by atoms with van der Waals surface area (Å²) in [5.74, 6) is 0. The van der Waals surface area contributed by atoms with Crippen LogP contribution < -0.4 is 0 Å². The number of halogens is 3. The molecule has 0 aliphatic carbocycles. The van der Waals surface area contributed by atoms with Crippen LogP contribution in [0.4, 0.5) is 0 Å². The van der Waals surface area contributed by atoms with Crippen molar-refractivity contribution in [3.8, 4) is 0 Å². The Bertz CT molecular complexity index is 542. The van der Waals surface area contributed by atoms with Crippen LogP contribution in [0.15, 0.2) is 24.4 Å². The van der Waals surface area contributed by atoms with Crippen molar-refractivity contribution in [2.75, 3.05) is 0 Å². The average Bonchev–Trinajstić information content (AvgIpc) is 2.81. The molecule has 3 nitrogen and oxygen atoms in total. The highest BCUT2D eigenvalue weighted by Gasteiger charge is 2.09. The molecule has 1 aromatic carbocycles. The van der Waals surface area contributed by atoms with Crippen LogP contribution in [0.3, 0.4) is 0 Å². The lowest BCUT2D eigenvalue weighted by Crippen LogP contribution is -2.00. The summed E-state index contributed by atoms with van der Waals surface area (Å²) in [6.07, 6.45) is 2.91. The molecule has 0 spiro atoms. The maximum Gasteiger partial charge on any atom is 0.0963 e. The molecule has 6 heteroatoms. The molecule has 1 aromatic heterocycles. The van der Waals surface area contributed by atoms with E-state index in [0.717, 1.165) is 17.7 Å². The first-order valence-corrected chi connectivity index (χ1v) is 7.25. The molecular weight excluding hydrogens is 337 g/mol. The minimum atomic E-state index is 0.250. The third-order valence-corrected chi connectivity index (χ3v) is 4.42. The summed E-state index contributed by atoms with van der Waals surface area (Å²) in [5, 5.41) is 9.34. The van der Waals surface area contributed by atoms with E-state index in [4.69, 9.17) is 23.2 Å². The summed E-state index contributed by atoms with van der Waals surface area (Å²) < 4.78 is 1.79. The van der Waals surface area contributed by atoms with Crippen molar-refractivity contribution in [1.29, 1.82) is 0 Å². The predicted octanol–water partition coefficient (Wildman–Crippen LogP) is 4.48. The zero-order valence-electron chi connectivity index (χ0n) is 9.78. The normalized spacial score (nSPS) is 12.7. The first kappa shape index (κ1) is 13.8. The van der Waals surface area contributed by atoms with Crippen LogP contribution in [-0.4, -0.2) is 15.0 Å². The number of hydrogen-bond donors (Lipinski definition) is 0. The zero-order chi connectivity index (χ0) is 13.1. The predicted molar refractivity (Wildman–Crippen MR) is 77.5 cm³/mol. The van der Waals surface area contributed by atoms with Gasteiger partial charge in [-0.15, -0.1) is 5.10 Å².